The molecule has 2 heterocycles. The summed E-state index contributed by atoms with van der Waals surface area (Å²) in [6.07, 6.45) is 0. The molecule has 3 aromatic rings. The van der Waals surface area contributed by atoms with Crippen molar-refractivity contribution in [1.29, 1.82) is 0 Å². The van der Waals surface area contributed by atoms with Gasteiger partial charge in [0.1, 0.15) is 0 Å². The second-order valence-electron chi connectivity index (χ2n) is 5.61. The lowest BCUT2D eigenvalue weighted by Crippen LogP contribution is -2.35. The number of nitrogens with zero attached hydrogens (tertiary/aromatic N) is 1. The van der Waals surface area contributed by atoms with Crippen LogP contribution in [-0.2, 0) is 11.3 Å². The van der Waals surface area contributed by atoms with Gasteiger partial charge in [0.15, 0.2) is 5.43 Å². The lowest BCUT2D eigenvalue weighted by molar-refractivity contribution is 0.0343. The van der Waals surface area contributed by atoms with Crippen molar-refractivity contribution in [2.75, 3.05) is 26.3 Å². The van der Waals surface area contributed by atoms with E-state index < -0.39 is 0 Å². The maximum atomic E-state index is 12.9. The van der Waals surface area contributed by atoms with Crippen LogP contribution in [0.25, 0.3) is 20.2 Å². The second-order valence-corrected chi connectivity index (χ2v) is 6.69. The van der Waals surface area contributed by atoms with E-state index in [1.807, 2.05) is 24.3 Å². The smallest absolute Gasteiger partial charge is 0.196 e. The van der Waals surface area contributed by atoms with E-state index in [0.29, 0.717) is 0 Å². The molecule has 4 rings (SSSR count). The molecule has 112 valence electrons. The van der Waals surface area contributed by atoms with E-state index in [0.717, 1.165) is 58.6 Å². The molecule has 1 fully saturated rings. The summed E-state index contributed by atoms with van der Waals surface area (Å²) < 4.78 is 7.54. The highest BCUT2D eigenvalue weighted by Crippen LogP contribution is 2.27. The van der Waals surface area contributed by atoms with Crippen LogP contribution >= 0.6 is 11.3 Å². The van der Waals surface area contributed by atoms with Crippen molar-refractivity contribution in [3.63, 3.8) is 0 Å². The Labute approximate surface area is 132 Å². The number of benzene rings is 2. The molecule has 1 aliphatic heterocycles. The molecule has 0 unspecified atom stereocenters. The quantitative estimate of drug-likeness (QED) is 0.681. The molecule has 0 bridgehead atoms. The summed E-state index contributed by atoms with van der Waals surface area (Å²) in [4.78, 5) is 15.3. The van der Waals surface area contributed by atoms with Crippen molar-refractivity contribution < 1.29 is 4.74 Å². The first-order chi connectivity index (χ1) is 10.8. The van der Waals surface area contributed by atoms with Gasteiger partial charge in [0.25, 0.3) is 0 Å². The molecule has 0 atom stereocenters. The van der Waals surface area contributed by atoms with Crippen molar-refractivity contribution in [3.8, 4) is 0 Å². The fourth-order valence-electron chi connectivity index (χ4n) is 3.05. The van der Waals surface area contributed by atoms with Crippen LogP contribution in [0.1, 0.15) is 5.56 Å². The van der Waals surface area contributed by atoms with Crippen molar-refractivity contribution in [2.45, 2.75) is 6.54 Å². The number of hydrogen-bond acceptors (Lipinski definition) is 4. The number of hydrogen-bond donors (Lipinski definition) is 0. The van der Waals surface area contributed by atoms with Crippen LogP contribution in [0, 0.1) is 0 Å². The largest absolute Gasteiger partial charge is 0.379 e. The van der Waals surface area contributed by atoms with E-state index in [-0.39, 0.29) is 5.43 Å². The molecular formula is C18H17NO2S. The molecule has 0 amide bonds. The Morgan fingerprint density at radius 3 is 2.64 bits per heavy atom. The minimum atomic E-state index is 0.160. The van der Waals surface area contributed by atoms with Gasteiger partial charge in [-0.1, -0.05) is 24.3 Å². The molecule has 0 radical (unpaired) electrons. The SMILES string of the molecule is O=c1c2ccccc2sc2cccc(CN3CCOCC3)c12. The van der Waals surface area contributed by atoms with Crippen LogP contribution in [0.4, 0.5) is 0 Å². The average molecular weight is 311 g/mol. The molecule has 1 saturated heterocycles. The van der Waals surface area contributed by atoms with E-state index in [1.54, 1.807) is 11.3 Å². The molecule has 1 aromatic heterocycles. The third kappa shape index (κ3) is 2.43. The third-order valence-electron chi connectivity index (χ3n) is 4.19. The summed E-state index contributed by atoms with van der Waals surface area (Å²) >= 11 is 1.70. The molecule has 0 saturated carbocycles. The Bertz CT molecular complexity index is 881. The highest BCUT2D eigenvalue weighted by atomic mass is 32.1. The van der Waals surface area contributed by atoms with Gasteiger partial charge in [0.2, 0.25) is 0 Å². The van der Waals surface area contributed by atoms with Crippen LogP contribution in [0.2, 0.25) is 0 Å². The van der Waals surface area contributed by atoms with Gasteiger partial charge in [0, 0.05) is 39.8 Å². The fraction of sp³-hybridized carbons (Fsp3) is 0.278. The van der Waals surface area contributed by atoms with Gasteiger partial charge in [-0.3, -0.25) is 9.69 Å². The van der Waals surface area contributed by atoms with Crippen molar-refractivity contribution in [2.24, 2.45) is 0 Å². The van der Waals surface area contributed by atoms with Gasteiger partial charge in [-0.15, -0.1) is 11.3 Å². The van der Waals surface area contributed by atoms with Crippen molar-refractivity contribution in [1.82, 2.24) is 4.90 Å². The Morgan fingerprint density at radius 1 is 1.00 bits per heavy atom. The second kappa shape index (κ2) is 5.80. The van der Waals surface area contributed by atoms with Gasteiger partial charge in [-0.25, -0.2) is 0 Å². The third-order valence-corrected chi connectivity index (χ3v) is 5.32. The number of rotatable bonds is 2. The average Bonchev–Trinajstić information content (AvgIpc) is 2.56. The molecular weight excluding hydrogens is 294 g/mol. The predicted octanol–water partition coefficient (Wildman–Crippen LogP) is 3.25. The van der Waals surface area contributed by atoms with Gasteiger partial charge < -0.3 is 4.74 Å². The minimum absolute atomic E-state index is 0.160. The minimum Gasteiger partial charge on any atom is -0.379 e. The predicted molar refractivity (Wildman–Crippen MR) is 91.7 cm³/mol. The first-order valence-electron chi connectivity index (χ1n) is 7.56. The zero-order chi connectivity index (χ0) is 14.9. The summed E-state index contributed by atoms with van der Waals surface area (Å²) in [6, 6.07) is 14.1. The van der Waals surface area contributed by atoms with E-state index in [2.05, 4.69) is 23.1 Å². The monoisotopic (exact) mass is 311 g/mol. The maximum Gasteiger partial charge on any atom is 0.196 e. The zero-order valence-corrected chi connectivity index (χ0v) is 13.1. The van der Waals surface area contributed by atoms with Crippen molar-refractivity contribution in [3.05, 3.63) is 58.3 Å². The maximum absolute atomic E-state index is 12.9. The Morgan fingerprint density at radius 2 is 1.77 bits per heavy atom. The first-order valence-corrected chi connectivity index (χ1v) is 8.38. The van der Waals surface area contributed by atoms with Crippen LogP contribution < -0.4 is 5.43 Å². The molecule has 3 nitrogen and oxygen atoms in total. The van der Waals surface area contributed by atoms with E-state index in [1.165, 1.54) is 0 Å². The van der Waals surface area contributed by atoms with Crippen LogP contribution in [0.15, 0.2) is 47.3 Å². The van der Waals surface area contributed by atoms with Crippen molar-refractivity contribution >= 4 is 31.5 Å². The molecule has 0 N–H and O–H groups in total. The lowest BCUT2D eigenvalue weighted by atomic mass is 10.1. The number of morpholine rings is 1. The highest BCUT2D eigenvalue weighted by molar-refractivity contribution is 7.24. The summed E-state index contributed by atoms with van der Waals surface area (Å²) in [6.45, 7) is 4.24. The number of fused-ring (bicyclic) bond motifs is 2. The van der Waals surface area contributed by atoms with Gasteiger partial charge >= 0.3 is 0 Å². The topological polar surface area (TPSA) is 29.5 Å². The summed E-state index contributed by atoms with van der Waals surface area (Å²) in [5, 5.41) is 1.71. The summed E-state index contributed by atoms with van der Waals surface area (Å²) in [5.41, 5.74) is 1.29. The molecule has 4 heteroatoms. The standard InChI is InChI=1S/C18H17NO2S/c20-18-14-5-1-2-6-15(14)22-16-7-3-4-13(17(16)18)12-19-8-10-21-11-9-19/h1-7H,8-12H2. The van der Waals surface area contributed by atoms with E-state index >= 15 is 0 Å². The first kappa shape index (κ1) is 13.9. The highest BCUT2D eigenvalue weighted by Gasteiger charge is 2.14. The Kier molecular flexibility index (Phi) is 3.66. The molecule has 22 heavy (non-hydrogen) atoms. The van der Waals surface area contributed by atoms with Gasteiger partial charge in [-0.2, -0.15) is 0 Å². The molecule has 0 aliphatic carbocycles. The van der Waals surface area contributed by atoms with Gasteiger partial charge in [0.05, 0.1) is 13.2 Å². The molecule has 1 aliphatic rings. The van der Waals surface area contributed by atoms with Crippen LogP contribution in [-0.4, -0.2) is 31.2 Å². The lowest BCUT2D eigenvalue weighted by Gasteiger charge is -2.26. The van der Waals surface area contributed by atoms with Gasteiger partial charge in [-0.05, 0) is 23.8 Å². The number of ether oxygens (including phenoxy) is 1. The summed E-state index contributed by atoms with van der Waals surface area (Å²) in [5.74, 6) is 0. The normalized spacial score (nSPS) is 16.4. The van der Waals surface area contributed by atoms with Crippen LogP contribution in [0.5, 0.6) is 0 Å². The molecule has 2 aromatic carbocycles. The zero-order valence-electron chi connectivity index (χ0n) is 12.2. The summed E-state index contributed by atoms with van der Waals surface area (Å²) in [7, 11) is 0. The Hall–Kier alpha value is -1.75. The fourth-order valence-corrected chi connectivity index (χ4v) is 4.17. The Balaban J connectivity index is 1.87. The van der Waals surface area contributed by atoms with Crippen LogP contribution in [0.3, 0.4) is 0 Å². The van der Waals surface area contributed by atoms with E-state index in [9.17, 15) is 4.79 Å². The van der Waals surface area contributed by atoms with E-state index in [4.69, 9.17) is 4.74 Å². The molecule has 0 spiro atoms.